The van der Waals surface area contributed by atoms with E-state index in [0.717, 1.165) is 0 Å². The summed E-state index contributed by atoms with van der Waals surface area (Å²) in [5, 5.41) is 8.88. The number of benzene rings is 1. The van der Waals surface area contributed by atoms with Crippen molar-refractivity contribution in [3.63, 3.8) is 0 Å². The van der Waals surface area contributed by atoms with E-state index in [1.165, 1.54) is 18.2 Å². The summed E-state index contributed by atoms with van der Waals surface area (Å²) in [6.45, 7) is 0. The molecule has 0 aliphatic rings. The maximum atomic E-state index is 13.1. The van der Waals surface area contributed by atoms with Crippen LogP contribution in [0.1, 0.15) is 5.56 Å². The lowest BCUT2D eigenvalue weighted by Gasteiger charge is -2.07. The molecule has 0 bridgehead atoms. The second-order valence-electron chi connectivity index (χ2n) is 2.88. The first-order valence-electron chi connectivity index (χ1n) is 3.93. The van der Waals surface area contributed by atoms with Crippen molar-refractivity contribution in [2.75, 3.05) is 0 Å². The van der Waals surface area contributed by atoms with Gasteiger partial charge in [0.05, 0.1) is 0 Å². The minimum atomic E-state index is -1.16. The highest BCUT2D eigenvalue weighted by Crippen LogP contribution is 2.15. The van der Waals surface area contributed by atoms with Crippen molar-refractivity contribution in [1.82, 2.24) is 0 Å². The van der Waals surface area contributed by atoms with E-state index in [1.54, 1.807) is 0 Å². The molecule has 1 aromatic rings. The normalized spacial score (nSPS) is 12.5. The number of carboxylic acids is 1. The highest BCUT2D eigenvalue weighted by Gasteiger charge is 2.14. The molecule has 0 radical (unpaired) electrons. The molecule has 0 saturated heterocycles. The van der Waals surface area contributed by atoms with Gasteiger partial charge < -0.3 is 10.8 Å². The van der Waals surface area contributed by atoms with Crippen molar-refractivity contribution in [3.8, 4) is 0 Å². The van der Waals surface area contributed by atoms with Crippen LogP contribution in [0.15, 0.2) is 18.2 Å². The third-order valence-corrected chi connectivity index (χ3v) is 2.00. The summed E-state index contributed by atoms with van der Waals surface area (Å²) in [6.07, 6.45) is -0.0677. The van der Waals surface area contributed by atoms with Crippen LogP contribution in [0, 0.1) is 5.82 Å². The summed E-state index contributed by atoms with van der Waals surface area (Å²) < 4.78 is 13.1. The predicted molar refractivity (Wildman–Crippen MR) is 50.7 cm³/mol. The van der Waals surface area contributed by atoms with Gasteiger partial charge in [0.25, 0.3) is 0 Å². The van der Waals surface area contributed by atoms with E-state index in [0.29, 0.717) is 5.02 Å². The van der Waals surface area contributed by atoms with Crippen molar-refractivity contribution in [2.45, 2.75) is 12.5 Å². The minimum absolute atomic E-state index is 0.0677. The largest absolute Gasteiger partial charge is 0.480 e. The summed E-state index contributed by atoms with van der Waals surface area (Å²) in [5.74, 6) is -1.66. The van der Waals surface area contributed by atoms with Gasteiger partial charge in [-0.1, -0.05) is 11.6 Å². The van der Waals surface area contributed by atoms with Crippen molar-refractivity contribution in [2.24, 2.45) is 5.73 Å². The van der Waals surface area contributed by atoms with Gasteiger partial charge in [0.2, 0.25) is 0 Å². The Morgan fingerprint density at radius 1 is 1.64 bits per heavy atom. The van der Waals surface area contributed by atoms with Gasteiger partial charge in [-0.05, 0) is 23.8 Å². The monoisotopic (exact) mass is 217 g/mol. The van der Waals surface area contributed by atoms with Crippen LogP contribution >= 0.6 is 11.6 Å². The molecule has 76 valence electrons. The SMILES string of the molecule is N[C@H](Cc1cc(Cl)ccc1F)C(=O)O. The first-order valence-corrected chi connectivity index (χ1v) is 4.31. The van der Waals surface area contributed by atoms with Gasteiger partial charge in [-0.25, -0.2) is 4.39 Å². The topological polar surface area (TPSA) is 63.3 Å². The van der Waals surface area contributed by atoms with Crippen LogP contribution in [0.5, 0.6) is 0 Å². The van der Waals surface area contributed by atoms with E-state index in [9.17, 15) is 9.18 Å². The summed E-state index contributed by atoms with van der Waals surface area (Å²) >= 11 is 5.62. The molecule has 1 rings (SSSR count). The molecule has 3 N–H and O–H groups in total. The molecule has 0 heterocycles. The molecule has 1 aromatic carbocycles. The second-order valence-corrected chi connectivity index (χ2v) is 3.32. The fraction of sp³-hybridized carbons (Fsp3) is 0.222. The van der Waals surface area contributed by atoms with Crippen LogP contribution in [-0.4, -0.2) is 17.1 Å². The first-order chi connectivity index (χ1) is 6.50. The lowest BCUT2D eigenvalue weighted by molar-refractivity contribution is -0.138. The van der Waals surface area contributed by atoms with Crippen LogP contribution in [0.25, 0.3) is 0 Å². The molecule has 1 atom stereocenters. The predicted octanol–water partition coefficient (Wildman–Crippen LogP) is 1.43. The highest BCUT2D eigenvalue weighted by molar-refractivity contribution is 6.30. The molecule has 0 fully saturated rings. The second kappa shape index (κ2) is 4.39. The summed E-state index contributed by atoms with van der Waals surface area (Å²) in [4.78, 5) is 10.4. The van der Waals surface area contributed by atoms with E-state index in [-0.39, 0.29) is 12.0 Å². The Morgan fingerprint density at radius 3 is 2.86 bits per heavy atom. The lowest BCUT2D eigenvalue weighted by Crippen LogP contribution is -2.32. The van der Waals surface area contributed by atoms with Gasteiger partial charge in [-0.2, -0.15) is 0 Å². The van der Waals surface area contributed by atoms with Gasteiger partial charge in [-0.3, -0.25) is 4.79 Å². The van der Waals surface area contributed by atoms with Crippen molar-refractivity contribution in [1.29, 1.82) is 0 Å². The van der Waals surface area contributed by atoms with Gasteiger partial charge >= 0.3 is 5.97 Å². The van der Waals surface area contributed by atoms with Gasteiger partial charge in [0.15, 0.2) is 0 Å². The average molecular weight is 218 g/mol. The lowest BCUT2D eigenvalue weighted by atomic mass is 10.1. The van der Waals surface area contributed by atoms with Gasteiger partial charge in [-0.15, -0.1) is 0 Å². The van der Waals surface area contributed by atoms with Crippen LogP contribution in [-0.2, 0) is 11.2 Å². The van der Waals surface area contributed by atoms with Crippen molar-refractivity contribution in [3.05, 3.63) is 34.6 Å². The summed E-state index contributed by atoms with van der Waals surface area (Å²) in [7, 11) is 0. The molecule has 0 saturated carbocycles. The number of hydrogen-bond donors (Lipinski definition) is 2. The van der Waals surface area contributed by atoms with Crippen LogP contribution in [0.4, 0.5) is 4.39 Å². The Balaban J connectivity index is 2.85. The molecule has 5 heteroatoms. The number of aliphatic carboxylic acids is 1. The van der Waals surface area contributed by atoms with E-state index >= 15 is 0 Å². The van der Waals surface area contributed by atoms with Gasteiger partial charge in [0.1, 0.15) is 11.9 Å². The molecule has 0 aliphatic heterocycles. The summed E-state index contributed by atoms with van der Waals surface area (Å²) in [6, 6.07) is 2.85. The maximum Gasteiger partial charge on any atom is 0.320 e. The first kappa shape index (κ1) is 10.9. The highest BCUT2D eigenvalue weighted by atomic mass is 35.5. The zero-order chi connectivity index (χ0) is 10.7. The fourth-order valence-corrected chi connectivity index (χ4v) is 1.22. The Morgan fingerprint density at radius 2 is 2.29 bits per heavy atom. The third kappa shape index (κ3) is 2.68. The number of nitrogens with two attached hydrogens (primary N) is 1. The van der Waals surface area contributed by atoms with Crippen LogP contribution in [0.2, 0.25) is 5.02 Å². The number of rotatable bonds is 3. The molecule has 0 aliphatic carbocycles. The Hall–Kier alpha value is -1.13. The van der Waals surface area contributed by atoms with E-state index in [4.69, 9.17) is 22.4 Å². The van der Waals surface area contributed by atoms with Crippen LogP contribution < -0.4 is 5.73 Å². The smallest absolute Gasteiger partial charge is 0.320 e. The minimum Gasteiger partial charge on any atom is -0.480 e. The molecular weight excluding hydrogens is 209 g/mol. The molecule has 0 spiro atoms. The van der Waals surface area contributed by atoms with Crippen molar-refractivity contribution < 1.29 is 14.3 Å². The number of halogens is 2. The Kier molecular flexibility index (Phi) is 3.43. The molecule has 0 amide bonds. The Labute approximate surface area is 85.3 Å². The summed E-state index contributed by atoms with van der Waals surface area (Å²) in [5.41, 5.74) is 5.47. The number of hydrogen-bond acceptors (Lipinski definition) is 2. The average Bonchev–Trinajstić information content (AvgIpc) is 2.11. The van der Waals surface area contributed by atoms with Gasteiger partial charge in [0, 0.05) is 11.4 Å². The van der Waals surface area contributed by atoms with E-state index < -0.39 is 17.8 Å². The van der Waals surface area contributed by atoms with E-state index in [1.807, 2.05) is 0 Å². The molecule has 14 heavy (non-hydrogen) atoms. The fourth-order valence-electron chi connectivity index (χ4n) is 1.02. The zero-order valence-corrected chi connectivity index (χ0v) is 7.96. The van der Waals surface area contributed by atoms with Crippen molar-refractivity contribution >= 4 is 17.6 Å². The molecular formula is C9H9ClFNO2. The number of carbonyl (C=O) groups is 1. The van der Waals surface area contributed by atoms with Crippen LogP contribution in [0.3, 0.4) is 0 Å². The quantitative estimate of drug-likeness (QED) is 0.805. The molecule has 3 nitrogen and oxygen atoms in total. The number of carboxylic acid groups (broad SMARTS) is 1. The molecule has 0 unspecified atom stereocenters. The third-order valence-electron chi connectivity index (χ3n) is 1.76. The molecule has 0 aromatic heterocycles. The van der Waals surface area contributed by atoms with E-state index in [2.05, 4.69) is 0 Å². The Bertz CT molecular complexity index is 357. The maximum absolute atomic E-state index is 13.1. The standard InChI is InChI=1S/C9H9ClFNO2/c10-6-1-2-7(11)5(3-6)4-8(12)9(13)14/h1-3,8H,4,12H2,(H,13,14)/t8-/m1/s1. The zero-order valence-electron chi connectivity index (χ0n) is 7.21.